The van der Waals surface area contributed by atoms with E-state index < -0.39 is 0 Å². The first-order chi connectivity index (χ1) is 11.7. The maximum atomic E-state index is 12.8. The van der Waals surface area contributed by atoms with E-state index in [9.17, 15) is 9.90 Å². The van der Waals surface area contributed by atoms with Crippen molar-refractivity contribution in [2.75, 3.05) is 0 Å². The molecule has 4 nitrogen and oxygen atoms in total. The Kier molecular flexibility index (Phi) is 3.35. The summed E-state index contributed by atoms with van der Waals surface area (Å²) in [5, 5.41) is 15.5. The van der Waals surface area contributed by atoms with Gasteiger partial charge in [0.05, 0.1) is 16.8 Å². The number of rotatable bonds is 2. The van der Waals surface area contributed by atoms with Gasteiger partial charge in [-0.15, -0.1) is 0 Å². The van der Waals surface area contributed by atoms with Crippen LogP contribution in [0.15, 0.2) is 83.7 Å². The molecule has 0 unspecified atom stereocenters. The molecule has 4 aromatic rings. The highest BCUT2D eigenvalue weighted by molar-refractivity contribution is 5.93. The second kappa shape index (κ2) is 5.66. The minimum Gasteiger partial charge on any atom is -0.508 e. The summed E-state index contributed by atoms with van der Waals surface area (Å²) in [7, 11) is 0. The molecule has 1 heterocycles. The molecule has 0 fully saturated rings. The zero-order valence-electron chi connectivity index (χ0n) is 12.8. The van der Waals surface area contributed by atoms with Crippen molar-refractivity contribution in [1.82, 2.24) is 9.78 Å². The third-order valence-corrected chi connectivity index (χ3v) is 3.95. The molecule has 0 aliphatic carbocycles. The lowest BCUT2D eigenvalue weighted by Gasteiger charge is -2.11. The topological polar surface area (TPSA) is 55.1 Å². The molecule has 0 bridgehead atoms. The van der Waals surface area contributed by atoms with Crippen molar-refractivity contribution in [3.8, 4) is 22.7 Å². The van der Waals surface area contributed by atoms with Crippen LogP contribution in [0.1, 0.15) is 0 Å². The van der Waals surface area contributed by atoms with Gasteiger partial charge in [-0.25, -0.2) is 0 Å². The molecule has 3 aromatic carbocycles. The highest BCUT2D eigenvalue weighted by Crippen LogP contribution is 2.26. The molecule has 0 spiro atoms. The van der Waals surface area contributed by atoms with E-state index in [-0.39, 0.29) is 11.3 Å². The van der Waals surface area contributed by atoms with Crippen LogP contribution in [-0.4, -0.2) is 14.9 Å². The van der Waals surface area contributed by atoms with E-state index in [1.54, 1.807) is 24.3 Å². The van der Waals surface area contributed by atoms with Crippen LogP contribution in [0.3, 0.4) is 0 Å². The highest BCUT2D eigenvalue weighted by atomic mass is 16.3. The number of phenols is 1. The van der Waals surface area contributed by atoms with Crippen molar-refractivity contribution in [3.63, 3.8) is 0 Å². The van der Waals surface area contributed by atoms with Gasteiger partial charge >= 0.3 is 0 Å². The first-order valence-electron chi connectivity index (χ1n) is 7.61. The molecule has 0 aliphatic rings. The lowest BCUT2D eigenvalue weighted by Crippen LogP contribution is -2.22. The highest BCUT2D eigenvalue weighted by Gasteiger charge is 2.13. The second-order valence-electron chi connectivity index (χ2n) is 5.49. The Morgan fingerprint density at radius 2 is 1.38 bits per heavy atom. The van der Waals surface area contributed by atoms with Crippen molar-refractivity contribution < 1.29 is 5.11 Å². The monoisotopic (exact) mass is 314 g/mol. The summed E-state index contributed by atoms with van der Waals surface area (Å²) in [5.74, 6) is 0.194. The molecule has 0 aliphatic heterocycles. The van der Waals surface area contributed by atoms with E-state index in [1.165, 1.54) is 4.68 Å². The van der Waals surface area contributed by atoms with Gasteiger partial charge in [-0.3, -0.25) is 4.79 Å². The summed E-state index contributed by atoms with van der Waals surface area (Å²) in [6, 6.07) is 23.6. The lowest BCUT2D eigenvalue weighted by atomic mass is 10.0. The van der Waals surface area contributed by atoms with Crippen LogP contribution >= 0.6 is 0 Å². The van der Waals surface area contributed by atoms with Crippen molar-refractivity contribution >= 4 is 10.8 Å². The average molecular weight is 314 g/mol. The van der Waals surface area contributed by atoms with E-state index >= 15 is 0 Å². The van der Waals surface area contributed by atoms with Crippen LogP contribution in [0, 0.1) is 0 Å². The first kappa shape index (κ1) is 14.2. The summed E-state index contributed by atoms with van der Waals surface area (Å²) >= 11 is 0. The third kappa shape index (κ3) is 2.34. The maximum Gasteiger partial charge on any atom is 0.279 e. The van der Waals surface area contributed by atoms with Crippen molar-refractivity contribution in [2.45, 2.75) is 0 Å². The summed E-state index contributed by atoms with van der Waals surface area (Å²) in [5.41, 5.74) is 2.11. The minimum atomic E-state index is -0.153. The SMILES string of the molecule is O=c1c2ccccc2c(-c2ccc(O)cc2)nn1-c1ccccc1. The number of benzene rings is 3. The van der Waals surface area contributed by atoms with Gasteiger partial charge in [0.25, 0.3) is 5.56 Å². The Bertz CT molecular complexity index is 1070. The molecule has 1 aromatic heterocycles. The number of fused-ring (bicyclic) bond motifs is 1. The van der Waals surface area contributed by atoms with E-state index in [0.29, 0.717) is 16.8 Å². The van der Waals surface area contributed by atoms with Crippen molar-refractivity contribution in [3.05, 3.63) is 89.2 Å². The molecule has 0 saturated heterocycles. The van der Waals surface area contributed by atoms with Gasteiger partial charge in [-0.05, 0) is 42.5 Å². The fourth-order valence-electron chi connectivity index (χ4n) is 2.77. The third-order valence-electron chi connectivity index (χ3n) is 3.95. The minimum absolute atomic E-state index is 0.153. The molecule has 4 rings (SSSR count). The number of phenolic OH excluding ortho intramolecular Hbond substituents is 1. The fraction of sp³-hybridized carbons (Fsp3) is 0. The van der Waals surface area contributed by atoms with Crippen LogP contribution in [0.4, 0.5) is 0 Å². The first-order valence-corrected chi connectivity index (χ1v) is 7.61. The molecule has 0 amide bonds. The number of nitrogens with zero attached hydrogens (tertiary/aromatic N) is 2. The molecule has 1 N–H and O–H groups in total. The molecular weight excluding hydrogens is 300 g/mol. The van der Waals surface area contributed by atoms with Gasteiger partial charge < -0.3 is 5.11 Å². The molecule has 0 saturated carbocycles. The summed E-state index contributed by atoms with van der Waals surface area (Å²) in [4.78, 5) is 12.8. The number of aromatic hydroxyl groups is 1. The quantitative estimate of drug-likeness (QED) is 0.613. The number of para-hydroxylation sites is 1. The van der Waals surface area contributed by atoms with E-state index in [4.69, 9.17) is 0 Å². The van der Waals surface area contributed by atoms with Gasteiger partial charge in [0.2, 0.25) is 0 Å². The summed E-state index contributed by atoms with van der Waals surface area (Å²) < 4.78 is 1.42. The molecule has 24 heavy (non-hydrogen) atoms. The smallest absolute Gasteiger partial charge is 0.279 e. The van der Waals surface area contributed by atoms with Crippen LogP contribution in [0.25, 0.3) is 27.7 Å². The molecule has 0 atom stereocenters. The second-order valence-corrected chi connectivity index (χ2v) is 5.49. The predicted octanol–water partition coefficient (Wildman–Crippen LogP) is 3.76. The Labute approximate surface area is 138 Å². The predicted molar refractivity (Wildman–Crippen MR) is 94.4 cm³/mol. The normalized spacial score (nSPS) is 10.8. The largest absolute Gasteiger partial charge is 0.508 e. The number of hydrogen-bond donors (Lipinski definition) is 1. The van der Waals surface area contributed by atoms with Gasteiger partial charge in [-0.2, -0.15) is 9.78 Å². The van der Waals surface area contributed by atoms with Gasteiger partial charge in [0.1, 0.15) is 5.75 Å². The van der Waals surface area contributed by atoms with E-state index in [0.717, 1.165) is 10.9 Å². The van der Waals surface area contributed by atoms with Crippen LogP contribution in [-0.2, 0) is 0 Å². The van der Waals surface area contributed by atoms with Gasteiger partial charge in [0.15, 0.2) is 0 Å². The fourth-order valence-corrected chi connectivity index (χ4v) is 2.77. The molecule has 116 valence electrons. The zero-order chi connectivity index (χ0) is 16.5. The zero-order valence-corrected chi connectivity index (χ0v) is 12.8. The Balaban J connectivity index is 2.08. The van der Waals surface area contributed by atoms with Gasteiger partial charge in [0, 0.05) is 10.9 Å². The maximum absolute atomic E-state index is 12.8. The number of hydrogen-bond acceptors (Lipinski definition) is 3. The number of aromatic nitrogens is 2. The van der Waals surface area contributed by atoms with Gasteiger partial charge in [-0.1, -0.05) is 36.4 Å². The van der Waals surface area contributed by atoms with E-state index in [2.05, 4.69) is 5.10 Å². The van der Waals surface area contributed by atoms with Crippen molar-refractivity contribution in [1.29, 1.82) is 0 Å². The summed E-state index contributed by atoms with van der Waals surface area (Å²) in [6.07, 6.45) is 0. The van der Waals surface area contributed by atoms with E-state index in [1.807, 2.05) is 54.6 Å². The molecular formula is C20H14N2O2. The summed E-state index contributed by atoms with van der Waals surface area (Å²) in [6.45, 7) is 0. The molecule has 4 heteroatoms. The average Bonchev–Trinajstić information content (AvgIpc) is 2.64. The lowest BCUT2D eigenvalue weighted by molar-refractivity contribution is 0.475. The van der Waals surface area contributed by atoms with Crippen LogP contribution in [0.2, 0.25) is 0 Å². The van der Waals surface area contributed by atoms with Crippen LogP contribution in [0.5, 0.6) is 5.75 Å². The van der Waals surface area contributed by atoms with Crippen molar-refractivity contribution in [2.24, 2.45) is 0 Å². The van der Waals surface area contributed by atoms with Crippen LogP contribution < -0.4 is 5.56 Å². The Morgan fingerprint density at radius 1 is 0.750 bits per heavy atom. The Hall–Kier alpha value is -3.40. The standard InChI is InChI=1S/C20H14N2O2/c23-16-12-10-14(11-13-16)19-17-8-4-5-9-18(17)20(24)22(21-19)15-6-2-1-3-7-15/h1-13,23H. The Morgan fingerprint density at radius 3 is 2.08 bits per heavy atom. The molecule has 0 radical (unpaired) electrons.